The van der Waals surface area contributed by atoms with Gasteiger partial charge in [-0.05, 0) is 45.0 Å². The highest BCUT2D eigenvalue weighted by Crippen LogP contribution is 2.22. The van der Waals surface area contributed by atoms with Gasteiger partial charge in [-0.3, -0.25) is 4.98 Å². The van der Waals surface area contributed by atoms with E-state index in [0.29, 0.717) is 11.3 Å². The molecule has 2 nitrogen and oxygen atoms in total. The third-order valence-corrected chi connectivity index (χ3v) is 3.36. The Bertz CT molecular complexity index is 602. The molecule has 0 radical (unpaired) electrons. The van der Waals surface area contributed by atoms with Crippen LogP contribution in [0.15, 0.2) is 42.5 Å². The van der Waals surface area contributed by atoms with Crippen LogP contribution in [0.2, 0.25) is 0 Å². The minimum atomic E-state index is -0.234. The molecule has 0 unspecified atom stereocenters. The minimum Gasteiger partial charge on any atom is -0.311 e. The van der Waals surface area contributed by atoms with E-state index in [2.05, 4.69) is 38.0 Å². The minimum absolute atomic E-state index is 0.0808. The van der Waals surface area contributed by atoms with Crippen molar-refractivity contribution in [2.45, 2.75) is 39.2 Å². The van der Waals surface area contributed by atoms with Gasteiger partial charge in [0, 0.05) is 29.3 Å². The molecule has 0 aliphatic carbocycles. The van der Waals surface area contributed by atoms with Crippen LogP contribution in [0.1, 0.15) is 39.3 Å². The lowest BCUT2D eigenvalue weighted by atomic mass is 10.0. The molecule has 0 saturated carbocycles. The van der Waals surface area contributed by atoms with Gasteiger partial charge in [0.15, 0.2) is 0 Å². The highest BCUT2D eigenvalue weighted by molar-refractivity contribution is 5.59. The van der Waals surface area contributed by atoms with Crippen molar-refractivity contribution in [3.05, 3.63) is 54.0 Å². The Kier molecular flexibility index (Phi) is 4.73. The molecule has 0 amide bonds. The Morgan fingerprint density at radius 1 is 1.10 bits per heavy atom. The maximum atomic E-state index is 13.9. The zero-order chi connectivity index (χ0) is 15.5. The van der Waals surface area contributed by atoms with Crippen molar-refractivity contribution in [2.75, 3.05) is 6.54 Å². The van der Waals surface area contributed by atoms with Gasteiger partial charge in [0.25, 0.3) is 0 Å². The van der Waals surface area contributed by atoms with Gasteiger partial charge in [0.1, 0.15) is 5.82 Å². The van der Waals surface area contributed by atoms with E-state index in [-0.39, 0.29) is 17.3 Å². The maximum Gasteiger partial charge on any atom is 0.132 e. The van der Waals surface area contributed by atoms with E-state index in [0.717, 1.165) is 12.2 Å². The van der Waals surface area contributed by atoms with E-state index >= 15 is 0 Å². The van der Waals surface area contributed by atoms with Crippen LogP contribution in [0.4, 0.5) is 4.39 Å². The van der Waals surface area contributed by atoms with Crippen LogP contribution in [-0.2, 0) is 0 Å². The van der Waals surface area contributed by atoms with Gasteiger partial charge in [-0.15, -0.1) is 0 Å². The SMILES string of the molecule is C[C@H](CNC(C)(C)C)c1cccc(-c2ccccc2F)n1. The predicted molar refractivity (Wildman–Crippen MR) is 85.8 cm³/mol. The van der Waals surface area contributed by atoms with E-state index in [9.17, 15) is 4.39 Å². The van der Waals surface area contributed by atoms with Crippen LogP contribution >= 0.6 is 0 Å². The molecule has 0 saturated heterocycles. The molecule has 1 aromatic carbocycles. The summed E-state index contributed by atoms with van der Waals surface area (Å²) < 4.78 is 13.9. The van der Waals surface area contributed by atoms with Gasteiger partial charge in [-0.2, -0.15) is 0 Å². The Morgan fingerprint density at radius 2 is 1.81 bits per heavy atom. The van der Waals surface area contributed by atoms with E-state index < -0.39 is 0 Å². The Hall–Kier alpha value is -1.74. The van der Waals surface area contributed by atoms with Gasteiger partial charge in [0.2, 0.25) is 0 Å². The second kappa shape index (κ2) is 6.35. The number of benzene rings is 1. The molecule has 0 aliphatic heterocycles. The topological polar surface area (TPSA) is 24.9 Å². The van der Waals surface area contributed by atoms with Crippen molar-refractivity contribution in [1.29, 1.82) is 0 Å². The number of nitrogens with one attached hydrogen (secondary N) is 1. The summed E-state index contributed by atoms with van der Waals surface area (Å²) in [4.78, 5) is 4.62. The van der Waals surface area contributed by atoms with Crippen LogP contribution in [0.3, 0.4) is 0 Å². The number of halogens is 1. The lowest BCUT2D eigenvalue weighted by Gasteiger charge is -2.23. The molecule has 1 heterocycles. The summed E-state index contributed by atoms with van der Waals surface area (Å²) in [6, 6.07) is 12.5. The molecular formula is C18H23FN2. The predicted octanol–water partition coefficient (Wildman–Crippen LogP) is 4.38. The van der Waals surface area contributed by atoms with Crippen LogP contribution in [-0.4, -0.2) is 17.1 Å². The average molecular weight is 286 g/mol. The van der Waals surface area contributed by atoms with E-state index in [1.54, 1.807) is 12.1 Å². The summed E-state index contributed by atoms with van der Waals surface area (Å²) in [6.45, 7) is 9.40. The quantitative estimate of drug-likeness (QED) is 0.902. The fraction of sp³-hybridized carbons (Fsp3) is 0.389. The summed E-state index contributed by atoms with van der Waals surface area (Å²) in [5.74, 6) is 0.0403. The van der Waals surface area contributed by atoms with Crippen molar-refractivity contribution in [3.8, 4) is 11.3 Å². The fourth-order valence-electron chi connectivity index (χ4n) is 2.11. The molecule has 2 aromatic rings. The van der Waals surface area contributed by atoms with Crippen molar-refractivity contribution >= 4 is 0 Å². The lowest BCUT2D eigenvalue weighted by molar-refractivity contribution is 0.410. The molecule has 21 heavy (non-hydrogen) atoms. The number of rotatable bonds is 4. The van der Waals surface area contributed by atoms with E-state index in [1.807, 2.05) is 24.3 Å². The Balaban J connectivity index is 2.20. The monoisotopic (exact) mass is 286 g/mol. The number of aromatic nitrogens is 1. The maximum absolute atomic E-state index is 13.9. The number of pyridine rings is 1. The third-order valence-electron chi connectivity index (χ3n) is 3.36. The summed E-state index contributed by atoms with van der Waals surface area (Å²) in [7, 11) is 0. The summed E-state index contributed by atoms with van der Waals surface area (Å²) in [6.07, 6.45) is 0. The third kappa shape index (κ3) is 4.36. The first kappa shape index (κ1) is 15.6. The second-order valence-electron chi connectivity index (χ2n) is 6.46. The molecule has 112 valence electrons. The molecule has 3 heteroatoms. The molecule has 0 bridgehead atoms. The van der Waals surface area contributed by atoms with Crippen LogP contribution in [0, 0.1) is 5.82 Å². The lowest BCUT2D eigenvalue weighted by Crippen LogP contribution is -2.38. The molecule has 0 fully saturated rings. The molecule has 1 atom stereocenters. The van der Waals surface area contributed by atoms with Gasteiger partial charge in [-0.25, -0.2) is 4.39 Å². The van der Waals surface area contributed by atoms with Gasteiger partial charge >= 0.3 is 0 Å². The van der Waals surface area contributed by atoms with Gasteiger partial charge in [0.05, 0.1) is 5.69 Å². The van der Waals surface area contributed by atoms with Crippen molar-refractivity contribution in [2.24, 2.45) is 0 Å². The summed E-state index contributed by atoms with van der Waals surface area (Å²) in [5.41, 5.74) is 2.30. The largest absolute Gasteiger partial charge is 0.311 e. The zero-order valence-corrected chi connectivity index (χ0v) is 13.2. The van der Waals surface area contributed by atoms with Gasteiger partial charge < -0.3 is 5.32 Å². The summed E-state index contributed by atoms with van der Waals surface area (Å²) >= 11 is 0. The number of nitrogens with zero attached hydrogens (tertiary/aromatic N) is 1. The summed E-state index contributed by atoms with van der Waals surface area (Å²) in [5, 5.41) is 3.48. The first-order chi connectivity index (χ1) is 9.87. The number of hydrogen-bond acceptors (Lipinski definition) is 2. The standard InChI is InChI=1S/C18H23FN2/c1-13(12-20-18(2,3)4)16-10-7-11-17(21-16)14-8-5-6-9-15(14)19/h5-11,13,20H,12H2,1-4H3/t13-/m1/s1. The first-order valence-corrected chi connectivity index (χ1v) is 7.34. The van der Waals surface area contributed by atoms with Crippen molar-refractivity contribution < 1.29 is 4.39 Å². The highest BCUT2D eigenvalue weighted by Gasteiger charge is 2.14. The molecule has 0 aliphatic rings. The molecule has 2 rings (SSSR count). The average Bonchev–Trinajstić information content (AvgIpc) is 2.44. The Morgan fingerprint density at radius 3 is 2.48 bits per heavy atom. The number of hydrogen-bond donors (Lipinski definition) is 1. The zero-order valence-electron chi connectivity index (χ0n) is 13.2. The van der Waals surface area contributed by atoms with E-state index in [1.165, 1.54) is 6.07 Å². The molecule has 0 spiro atoms. The molecular weight excluding hydrogens is 263 g/mol. The second-order valence-corrected chi connectivity index (χ2v) is 6.46. The Labute approximate surface area is 126 Å². The smallest absolute Gasteiger partial charge is 0.132 e. The van der Waals surface area contributed by atoms with Crippen LogP contribution in [0.5, 0.6) is 0 Å². The van der Waals surface area contributed by atoms with E-state index in [4.69, 9.17) is 0 Å². The van der Waals surface area contributed by atoms with Gasteiger partial charge in [-0.1, -0.05) is 25.1 Å². The van der Waals surface area contributed by atoms with Crippen molar-refractivity contribution in [3.63, 3.8) is 0 Å². The normalized spacial score (nSPS) is 13.2. The fourth-order valence-corrected chi connectivity index (χ4v) is 2.11. The molecule has 1 N–H and O–H groups in total. The van der Waals surface area contributed by atoms with Crippen molar-refractivity contribution in [1.82, 2.24) is 10.3 Å². The van der Waals surface area contributed by atoms with Crippen LogP contribution < -0.4 is 5.32 Å². The highest BCUT2D eigenvalue weighted by atomic mass is 19.1. The van der Waals surface area contributed by atoms with Crippen LogP contribution in [0.25, 0.3) is 11.3 Å². The molecule has 1 aromatic heterocycles. The first-order valence-electron chi connectivity index (χ1n) is 7.34.